The Kier molecular flexibility index (Phi) is 5.36. The van der Waals surface area contributed by atoms with Gasteiger partial charge in [0, 0.05) is 11.3 Å². The lowest BCUT2D eigenvalue weighted by atomic mass is 9.92. The third kappa shape index (κ3) is 3.96. The molecule has 1 heterocycles. The van der Waals surface area contributed by atoms with E-state index in [9.17, 15) is 19.2 Å². The van der Waals surface area contributed by atoms with Crippen molar-refractivity contribution in [2.24, 2.45) is 0 Å². The molecular formula is C21H21N3O5. The average molecular weight is 395 g/mol. The first-order valence-corrected chi connectivity index (χ1v) is 8.94. The second-order valence-corrected chi connectivity index (χ2v) is 6.86. The quantitative estimate of drug-likeness (QED) is 0.577. The molecule has 2 N–H and O–H groups in total. The molecule has 1 aliphatic heterocycles. The summed E-state index contributed by atoms with van der Waals surface area (Å²) in [6.45, 7) is 2.57. The van der Waals surface area contributed by atoms with Crippen LogP contribution in [0, 0.1) is 0 Å². The number of Topliss-reactive ketones (excluding diaryl/α,β-unsaturated/α-hetero) is 1. The van der Waals surface area contributed by atoms with E-state index in [2.05, 4.69) is 10.6 Å². The van der Waals surface area contributed by atoms with Gasteiger partial charge in [0.25, 0.3) is 5.91 Å². The number of nitrogens with one attached hydrogen (secondary N) is 2. The van der Waals surface area contributed by atoms with Crippen LogP contribution in [0.1, 0.15) is 29.8 Å². The number of carbonyl (C=O) groups is 4. The van der Waals surface area contributed by atoms with Crippen LogP contribution >= 0.6 is 0 Å². The molecule has 1 unspecified atom stereocenters. The van der Waals surface area contributed by atoms with Gasteiger partial charge >= 0.3 is 6.03 Å². The largest absolute Gasteiger partial charge is 0.497 e. The van der Waals surface area contributed by atoms with Gasteiger partial charge in [-0.1, -0.05) is 24.3 Å². The summed E-state index contributed by atoms with van der Waals surface area (Å²) in [5.41, 5.74) is 0.157. The number of hydrogen-bond donors (Lipinski definition) is 2. The molecule has 0 radical (unpaired) electrons. The SMILES string of the molecule is COc1ccc(C2(C)NC(=O)N(CC(=O)Nc3cccc(C(C)=O)c3)C2=O)cc1. The highest BCUT2D eigenvalue weighted by Gasteiger charge is 2.49. The number of anilines is 1. The molecule has 1 aliphatic rings. The zero-order valence-electron chi connectivity index (χ0n) is 16.3. The highest BCUT2D eigenvalue weighted by Crippen LogP contribution is 2.30. The van der Waals surface area contributed by atoms with Gasteiger partial charge in [0.05, 0.1) is 7.11 Å². The van der Waals surface area contributed by atoms with Crippen molar-refractivity contribution in [1.29, 1.82) is 0 Å². The van der Waals surface area contributed by atoms with Gasteiger partial charge in [0.2, 0.25) is 5.91 Å². The molecule has 2 aromatic carbocycles. The van der Waals surface area contributed by atoms with Crippen LogP contribution in [0.2, 0.25) is 0 Å². The van der Waals surface area contributed by atoms with E-state index in [1.165, 1.54) is 20.1 Å². The van der Waals surface area contributed by atoms with Crippen LogP contribution in [0.4, 0.5) is 10.5 Å². The van der Waals surface area contributed by atoms with Crippen molar-refractivity contribution >= 4 is 29.3 Å². The lowest BCUT2D eigenvalue weighted by molar-refractivity contribution is -0.133. The standard InChI is InChI=1S/C21H21N3O5/c1-13(25)14-5-4-6-16(11-14)22-18(26)12-24-19(27)21(2,23-20(24)28)15-7-9-17(29-3)10-8-15/h4-11H,12H2,1-3H3,(H,22,26)(H,23,28). The number of ether oxygens (including phenoxy) is 1. The third-order valence-corrected chi connectivity index (χ3v) is 4.80. The van der Waals surface area contributed by atoms with Crippen LogP contribution in [0.15, 0.2) is 48.5 Å². The second-order valence-electron chi connectivity index (χ2n) is 6.86. The molecule has 8 nitrogen and oxygen atoms in total. The van der Waals surface area contributed by atoms with E-state index in [1.807, 2.05) is 0 Å². The van der Waals surface area contributed by atoms with E-state index >= 15 is 0 Å². The number of nitrogens with zero attached hydrogens (tertiary/aromatic N) is 1. The highest BCUT2D eigenvalue weighted by atomic mass is 16.5. The molecule has 3 rings (SSSR count). The number of rotatable bonds is 6. The van der Waals surface area contributed by atoms with Gasteiger partial charge in [0.15, 0.2) is 5.78 Å². The summed E-state index contributed by atoms with van der Waals surface area (Å²) in [6.07, 6.45) is 0. The van der Waals surface area contributed by atoms with Crippen LogP contribution in [0.3, 0.4) is 0 Å². The van der Waals surface area contributed by atoms with Crippen molar-refractivity contribution in [2.45, 2.75) is 19.4 Å². The summed E-state index contributed by atoms with van der Waals surface area (Å²) in [4.78, 5) is 50.0. The Morgan fingerprint density at radius 2 is 1.83 bits per heavy atom. The van der Waals surface area contributed by atoms with E-state index in [0.717, 1.165) is 4.90 Å². The second kappa shape index (κ2) is 7.75. The van der Waals surface area contributed by atoms with Crippen LogP contribution in [-0.4, -0.2) is 42.2 Å². The fourth-order valence-corrected chi connectivity index (χ4v) is 3.12. The molecule has 4 amide bonds. The van der Waals surface area contributed by atoms with Crippen molar-refractivity contribution in [3.05, 3.63) is 59.7 Å². The van der Waals surface area contributed by atoms with E-state index in [0.29, 0.717) is 22.6 Å². The number of benzene rings is 2. The fraction of sp³-hybridized carbons (Fsp3) is 0.238. The molecule has 2 aromatic rings. The number of imide groups is 1. The molecule has 0 saturated carbocycles. The number of amides is 4. The average Bonchev–Trinajstić information content (AvgIpc) is 2.92. The summed E-state index contributed by atoms with van der Waals surface area (Å²) in [5.74, 6) is -0.586. The van der Waals surface area contributed by atoms with E-state index in [4.69, 9.17) is 4.74 Å². The maximum Gasteiger partial charge on any atom is 0.325 e. The summed E-state index contributed by atoms with van der Waals surface area (Å²) in [7, 11) is 1.53. The molecule has 8 heteroatoms. The maximum atomic E-state index is 12.9. The molecule has 29 heavy (non-hydrogen) atoms. The van der Waals surface area contributed by atoms with Crippen LogP contribution in [-0.2, 0) is 15.1 Å². The first-order valence-electron chi connectivity index (χ1n) is 8.94. The van der Waals surface area contributed by atoms with Crippen molar-refractivity contribution in [1.82, 2.24) is 10.2 Å². The first kappa shape index (κ1) is 20.1. The minimum Gasteiger partial charge on any atom is -0.497 e. The van der Waals surface area contributed by atoms with Crippen LogP contribution in [0.5, 0.6) is 5.75 Å². The molecular weight excluding hydrogens is 374 g/mol. The molecule has 0 spiro atoms. The molecule has 1 fully saturated rings. The lowest BCUT2D eigenvalue weighted by Crippen LogP contribution is -2.42. The van der Waals surface area contributed by atoms with Gasteiger partial charge in [-0.05, 0) is 43.7 Å². The lowest BCUT2D eigenvalue weighted by Gasteiger charge is -2.22. The number of hydrogen-bond acceptors (Lipinski definition) is 5. The normalized spacial score (nSPS) is 18.4. The predicted molar refractivity (Wildman–Crippen MR) is 106 cm³/mol. The molecule has 1 atom stereocenters. The molecule has 150 valence electrons. The number of urea groups is 1. The third-order valence-electron chi connectivity index (χ3n) is 4.80. The van der Waals surface area contributed by atoms with Crippen LogP contribution in [0.25, 0.3) is 0 Å². The summed E-state index contributed by atoms with van der Waals surface area (Å²) in [5, 5.41) is 5.25. The number of carbonyl (C=O) groups excluding carboxylic acids is 4. The van der Waals surface area contributed by atoms with Gasteiger partial charge in [-0.3, -0.25) is 19.3 Å². The van der Waals surface area contributed by atoms with Crippen LogP contribution < -0.4 is 15.4 Å². The Morgan fingerprint density at radius 1 is 1.14 bits per heavy atom. The van der Waals surface area contributed by atoms with Gasteiger partial charge in [-0.25, -0.2) is 4.79 Å². The Labute approximate surface area is 167 Å². The van der Waals surface area contributed by atoms with Gasteiger partial charge < -0.3 is 15.4 Å². The Bertz CT molecular complexity index is 986. The van der Waals surface area contributed by atoms with Crippen molar-refractivity contribution in [3.63, 3.8) is 0 Å². The van der Waals surface area contributed by atoms with Crippen molar-refractivity contribution < 1.29 is 23.9 Å². The Hall–Kier alpha value is -3.68. The van der Waals surface area contributed by atoms with Gasteiger partial charge in [-0.15, -0.1) is 0 Å². The zero-order valence-corrected chi connectivity index (χ0v) is 16.3. The summed E-state index contributed by atoms with van der Waals surface area (Å²) in [6, 6.07) is 12.5. The highest BCUT2D eigenvalue weighted by molar-refractivity contribution is 6.10. The predicted octanol–water partition coefficient (Wildman–Crippen LogP) is 2.30. The van der Waals surface area contributed by atoms with Gasteiger partial charge in [-0.2, -0.15) is 0 Å². The number of ketones is 1. The molecule has 0 aromatic heterocycles. The fourth-order valence-electron chi connectivity index (χ4n) is 3.12. The summed E-state index contributed by atoms with van der Waals surface area (Å²) < 4.78 is 5.11. The molecule has 1 saturated heterocycles. The first-order chi connectivity index (χ1) is 13.7. The van der Waals surface area contributed by atoms with E-state index in [-0.39, 0.29) is 5.78 Å². The van der Waals surface area contributed by atoms with Gasteiger partial charge in [0.1, 0.15) is 17.8 Å². The van der Waals surface area contributed by atoms with Crippen molar-refractivity contribution in [2.75, 3.05) is 19.0 Å². The molecule has 0 bridgehead atoms. The maximum absolute atomic E-state index is 12.9. The minimum absolute atomic E-state index is 0.134. The topological polar surface area (TPSA) is 105 Å². The van der Waals surface area contributed by atoms with E-state index in [1.54, 1.807) is 49.4 Å². The van der Waals surface area contributed by atoms with Crippen molar-refractivity contribution in [3.8, 4) is 5.75 Å². The number of methoxy groups -OCH3 is 1. The monoisotopic (exact) mass is 395 g/mol. The molecule has 0 aliphatic carbocycles. The minimum atomic E-state index is -1.28. The Morgan fingerprint density at radius 3 is 2.45 bits per heavy atom. The smallest absolute Gasteiger partial charge is 0.325 e. The zero-order chi connectivity index (χ0) is 21.2. The van der Waals surface area contributed by atoms with E-state index < -0.39 is 29.9 Å². The Balaban J connectivity index is 1.73. The summed E-state index contributed by atoms with van der Waals surface area (Å²) >= 11 is 0.